The van der Waals surface area contributed by atoms with Crippen LogP contribution in [0.4, 0.5) is 0 Å². The molecule has 176 valence electrons. The first-order chi connectivity index (χ1) is 14.5. The summed E-state index contributed by atoms with van der Waals surface area (Å²) in [6.45, 7) is 4.33. The van der Waals surface area contributed by atoms with E-state index in [1.165, 1.54) is 64.9 Å². The molecule has 30 heavy (non-hydrogen) atoms. The molecule has 0 aliphatic rings. The van der Waals surface area contributed by atoms with Gasteiger partial charge in [0, 0.05) is 18.9 Å². The predicted octanol–water partition coefficient (Wildman–Crippen LogP) is 6.27. The second kappa shape index (κ2) is 20.9. The second-order valence-electron chi connectivity index (χ2n) is 8.49. The van der Waals surface area contributed by atoms with E-state index < -0.39 is 5.91 Å². The third kappa shape index (κ3) is 17.5. The fourth-order valence-electron chi connectivity index (χ4n) is 3.64. The highest BCUT2D eigenvalue weighted by Gasteiger charge is 2.19. The summed E-state index contributed by atoms with van der Waals surface area (Å²) in [7, 11) is 1.36. The number of rotatable bonds is 21. The number of carbonyl (C=O) groups is 3. The quantitative estimate of drug-likeness (QED) is 0.133. The van der Waals surface area contributed by atoms with Gasteiger partial charge in [-0.1, -0.05) is 97.3 Å². The summed E-state index contributed by atoms with van der Waals surface area (Å²) in [6, 6.07) is -0.137. The molecular weight excluding hydrogens is 378 g/mol. The van der Waals surface area contributed by atoms with Crippen molar-refractivity contribution >= 4 is 17.7 Å². The van der Waals surface area contributed by atoms with E-state index in [2.05, 4.69) is 23.9 Å². The number of esters is 1. The van der Waals surface area contributed by atoms with Gasteiger partial charge in [0.15, 0.2) is 0 Å². The molecule has 5 nitrogen and oxygen atoms in total. The molecule has 0 rings (SSSR count). The number of carbonyl (C=O) groups excluding carboxylic acids is 3. The maximum Gasteiger partial charge on any atom is 0.305 e. The van der Waals surface area contributed by atoms with Crippen LogP contribution in [-0.4, -0.2) is 30.8 Å². The van der Waals surface area contributed by atoms with Crippen LogP contribution >= 0.6 is 0 Å². The van der Waals surface area contributed by atoms with Crippen LogP contribution in [0.3, 0.4) is 0 Å². The largest absolute Gasteiger partial charge is 0.469 e. The summed E-state index contributed by atoms with van der Waals surface area (Å²) in [5.41, 5.74) is 0. The summed E-state index contributed by atoms with van der Waals surface area (Å²) < 4.78 is 4.67. The van der Waals surface area contributed by atoms with E-state index in [9.17, 15) is 14.4 Å². The van der Waals surface area contributed by atoms with Crippen LogP contribution in [0.5, 0.6) is 0 Å². The Balaban J connectivity index is 3.82. The van der Waals surface area contributed by atoms with Crippen molar-refractivity contribution in [2.75, 3.05) is 7.11 Å². The molecular formula is C25H47NO4. The molecule has 1 amide bonds. The molecule has 0 spiro atoms. The van der Waals surface area contributed by atoms with Crippen LogP contribution < -0.4 is 5.32 Å². The van der Waals surface area contributed by atoms with Gasteiger partial charge in [-0.3, -0.25) is 14.4 Å². The summed E-state index contributed by atoms with van der Waals surface area (Å²) in [6.07, 6.45) is 18.7. The molecule has 0 aromatic carbocycles. The van der Waals surface area contributed by atoms with Crippen LogP contribution in [0, 0.1) is 0 Å². The van der Waals surface area contributed by atoms with Crippen molar-refractivity contribution in [3.8, 4) is 0 Å². The molecule has 1 N–H and O–H groups in total. The lowest BCUT2D eigenvalue weighted by molar-refractivity contribution is -0.141. The van der Waals surface area contributed by atoms with Crippen molar-refractivity contribution in [1.82, 2.24) is 5.32 Å². The first-order valence-corrected chi connectivity index (χ1v) is 12.5. The van der Waals surface area contributed by atoms with Gasteiger partial charge in [-0.05, 0) is 19.3 Å². The molecule has 0 aromatic heterocycles. The normalized spacial score (nSPS) is 11.8. The summed E-state index contributed by atoms with van der Waals surface area (Å²) >= 11 is 0. The molecule has 0 aliphatic carbocycles. The molecule has 1 atom stereocenters. The monoisotopic (exact) mass is 425 g/mol. The zero-order chi connectivity index (χ0) is 22.5. The molecule has 0 unspecified atom stereocenters. The Morgan fingerprint density at radius 2 is 1.17 bits per heavy atom. The Morgan fingerprint density at radius 3 is 1.67 bits per heavy atom. The van der Waals surface area contributed by atoms with Gasteiger partial charge in [0.25, 0.3) is 5.91 Å². The first kappa shape index (κ1) is 28.6. The van der Waals surface area contributed by atoms with Crippen molar-refractivity contribution in [1.29, 1.82) is 0 Å². The van der Waals surface area contributed by atoms with Gasteiger partial charge in [0.1, 0.15) is 0 Å². The minimum absolute atomic E-state index is 0.137. The van der Waals surface area contributed by atoms with Crippen molar-refractivity contribution < 1.29 is 19.1 Å². The zero-order valence-electron chi connectivity index (χ0n) is 19.9. The van der Waals surface area contributed by atoms with E-state index in [0.717, 1.165) is 38.5 Å². The standard InChI is InChI=1S/C25H47NO4/c1-4-6-8-9-10-11-12-13-14-15-16-17-19-23(27)25(29)26-22(18-7-5-2)20-21-24(28)30-3/h22H,4-21H2,1-3H3,(H,26,29)/t22-/m0/s1. The third-order valence-corrected chi connectivity index (χ3v) is 5.68. The van der Waals surface area contributed by atoms with Crippen LogP contribution in [-0.2, 0) is 19.1 Å². The van der Waals surface area contributed by atoms with E-state index in [1.807, 2.05) is 0 Å². The van der Waals surface area contributed by atoms with Crippen molar-refractivity contribution in [2.24, 2.45) is 0 Å². The number of nitrogens with one attached hydrogen (secondary N) is 1. The number of amides is 1. The highest BCUT2D eigenvalue weighted by Crippen LogP contribution is 2.13. The smallest absolute Gasteiger partial charge is 0.305 e. The molecule has 0 bridgehead atoms. The van der Waals surface area contributed by atoms with Crippen molar-refractivity contribution in [3.63, 3.8) is 0 Å². The Hall–Kier alpha value is -1.39. The first-order valence-electron chi connectivity index (χ1n) is 12.5. The lowest BCUT2D eigenvalue weighted by Gasteiger charge is -2.17. The number of unbranched alkanes of at least 4 members (excludes halogenated alkanes) is 12. The Morgan fingerprint density at radius 1 is 0.667 bits per heavy atom. The SMILES string of the molecule is CCCCCCCCCCCCCCC(=O)C(=O)N[C@@H](CCCC)CCC(=O)OC. The van der Waals surface area contributed by atoms with Gasteiger partial charge in [-0.2, -0.15) is 0 Å². The highest BCUT2D eigenvalue weighted by atomic mass is 16.5. The third-order valence-electron chi connectivity index (χ3n) is 5.68. The van der Waals surface area contributed by atoms with Gasteiger partial charge in [-0.25, -0.2) is 0 Å². The van der Waals surface area contributed by atoms with E-state index in [4.69, 9.17) is 0 Å². The van der Waals surface area contributed by atoms with E-state index in [1.54, 1.807) is 0 Å². The maximum absolute atomic E-state index is 12.2. The number of methoxy groups -OCH3 is 1. The molecule has 0 fully saturated rings. The molecule has 0 heterocycles. The number of ether oxygens (including phenoxy) is 1. The lowest BCUT2D eigenvalue weighted by Crippen LogP contribution is -2.39. The van der Waals surface area contributed by atoms with E-state index in [-0.39, 0.29) is 24.2 Å². The number of hydrogen-bond acceptors (Lipinski definition) is 4. The van der Waals surface area contributed by atoms with Crippen LogP contribution in [0.2, 0.25) is 0 Å². The van der Waals surface area contributed by atoms with Crippen molar-refractivity contribution in [2.45, 2.75) is 135 Å². The maximum atomic E-state index is 12.2. The number of ketones is 1. The average Bonchev–Trinajstić information content (AvgIpc) is 2.75. The fourth-order valence-corrected chi connectivity index (χ4v) is 3.64. The highest BCUT2D eigenvalue weighted by molar-refractivity contribution is 6.36. The molecule has 0 saturated heterocycles. The predicted molar refractivity (Wildman–Crippen MR) is 123 cm³/mol. The Labute approximate surface area is 185 Å². The minimum Gasteiger partial charge on any atom is -0.469 e. The second-order valence-corrected chi connectivity index (χ2v) is 8.49. The molecule has 0 saturated carbocycles. The Kier molecular flexibility index (Phi) is 19.9. The fraction of sp³-hybridized carbons (Fsp3) is 0.880. The van der Waals surface area contributed by atoms with Gasteiger partial charge in [0.2, 0.25) is 5.78 Å². The number of hydrogen-bond donors (Lipinski definition) is 1. The van der Waals surface area contributed by atoms with Gasteiger partial charge < -0.3 is 10.1 Å². The number of Topliss-reactive ketones (excluding diaryl/α,β-unsaturated/α-hetero) is 1. The average molecular weight is 426 g/mol. The van der Waals surface area contributed by atoms with Crippen LogP contribution in [0.15, 0.2) is 0 Å². The minimum atomic E-state index is -0.496. The van der Waals surface area contributed by atoms with Gasteiger partial charge in [-0.15, -0.1) is 0 Å². The van der Waals surface area contributed by atoms with Crippen molar-refractivity contribution in [3.05, 3.63) is 0 Å². The van der Waals surface area contributed by atoms with Crippen LogP contribution in [0.1, 0.15) is 129 Å². The van der Waals surface area contributed by atoms with E-state index >= 15 is 0 Å². The summed E-state index contributed by atoms with van der Waals surface area (Å²) in [4.78, 5) is 35.7. The zero-order valence-corrected chi connectivity index (χ0v) is 19.9. The molecule has 0 aliphatic heterocycles. The topological polar surface area (TPSA) is 72.5 Å². The van der Waals surface area contributed by atoms with Crippen LogP contribution in [0.25, 0.3) is 0 Å². The molecule has 0 aromatic rings. The summed E-state index contributed by atoms with van der Waals surface area (Å²) in [5.74, 6) is -1.11. The molecule has 0 radical (unpaired) electrons. The Bertz CT molecular complexity index is 450. The summed E-state index contributed by atoms with van der Waals surface area (Å²) in [5, 5.41) is 2.83. The molecule has 5 heteroatoms. The van der Waals surface area contributed by atoms with Gasteiger partial charge >= 0.3 is 5.97 Å². The lowest BCUT2D eigenvalue weighted by atomic mass is 10.0. The van der Waals surface area contributed by atoms with Gasteiger partial charge in [0.05, 0.1) is 7.11 Å². The van der Waals surface area contributed by atoms with E-state index in [0.29, 0.717) is 12.8 Å².